The highest BCUT2D eigenvalue weighted by molar-refractivity contribution is 5.40. The monoisotopic (exact) mass is 258 g/mol. The molecule has 2 N–H and O–H groups in total. The van der Waals surface area contributed by atoms with Crippen molar-refractivity contribution in [2.24, 2.45) is 0 Å². The van der Waals surface area contributed by atoms with E-state index in [0.717, 1.165) is 23.3 Å². The fourth-order valence-corrected chi connectivity index (χ4v) is 1.85. The molecule has 1 aromatic carbocycles. The van der Waals surface area contributed by atoms with Gasteiger partial charge >= 0.3 is 0 Å². The Labute approximate surface area is 113 Å². The Hall–Kier alpha value is -2.07. The van der Waals surface area contributed by atoms with E-state index >= 15 is 0 Å². The van der Waals surface area contributed by atoms with Crippen molar-refractivity contribution in [1.82, 2.24) is 4.98 Å². The largest absolute Gasteiger partial charge is 0.491 e. The second-order valence-electron chi connectivity index (χ2n) is 4.21. The molecule has 0 unspecified atom stereocenters. The number of nitrogens with two attached hydrogens (primary N) is 1. The number of aromatic nitrogens is 1. The van der Waals surface area contributed by atoms with Crippen LogP contribution in [0.2, 0.25) is 0 Å². The molecule has 0 saturated carbocycles. The maximum Gasteiger partial charge on any atom is 0.123 e. The first-order valence-corrected chi connectivity index (χ1v) is 6.19. The van der Waals surface area contributed by atoms with Gasteiger partial charge in [0.1, 0.15) is 18.2 Å². The van der Waals surface area contributed by atoms with Crippen molar-refractivity contribution in [2.45, 2.75) is 6.42 Å². The molecule has 100 valence electrons. The smallest absolute Gasteiger partial charge is 0.123 e. The zero-order valence-corrected chi connectivity index (χ0v) is 11.0. The van der Waals surface area contributed by atoms with Crippen LogP contribution in [0.4, 0.5) is 5.82 Å². The molecule has 0 bridgehead atoms. The molecule has 4 nitrogen and oxygen atoms in total. The maximum absolute atomic E-state index is 5.71. The van der Waals surface area contributed by atoms with Crippen LogP contribution in [0.3, 0.4) is 0 Å². The predicted octanol–water partition coefficient (Wildman–Crippen LogP) is 2.28. The molecule has 0 spiro atoms. The number of benzene rings is 1. The summed E-state index contributed by atoms with van der Waals surface area (Å²) in [6.45, 7) is 1.13. The average molecular weight is 258 g/mol. The van der Waals surface area contributed by atoms with E-state index in [-0.39, 0.29) is 0 Å². The van der Waals surface area contributed by atoms with Crippen LogP contribution in [0.5, 0.6) is 5.75 Å². The van der Waals surface area contributed by atoms with Crippen molar-refractivity contribution >= 4 is 5.82 Å². The second-order valence-corrected chi connectivity index (χ2v) is 4.21. The van der Waals surface area contributed by atoms with Crippen LogP contribution in [-0.2, 0) is 11.2 Å². The van der Waals surface area contributed by atoms with Crippen molar-refractivity contribution in [3.63, 3.8) is 0 Å². The molecule has 2 rings (SSSR count). The van der Waals surface area contributed by atoms with Crippen LogP contribution < -0.4 is 10.5 Å². The number of pyridine rings is 1. The lowest BCUT2D eigenvalue weighted by atomic mass is 10.1. The standard InChI is InChI=1S/C15H18N2O2/c1-18-8-9-19-14-5-3-2-4-13(14)10-12-6-7-17-15(16)11-12/h2-7,11H,8-10H2,1H3,(H2,16,17). The maximum atomic E-state index is 5.71. The Balaban J connectivity index is 2.11. The molecule has 0 fully saturated rings. The van der Waals surface area contributed by atoms with Crippen molar-refractivity contribution in [2.75, 3.05) is 26.1 Å². The van der Waals surface area contributed by atoms with E-state index in [1.165, 1.54) is 0 Å². The summed E-state index contributed by atoms with van der Waals surface area (Å²) in [5.41, 5.74) is 7.94. The number of para-hydroxylation sites is 1. The van der Waals surface area contributed by atoms with E-state index in [2.05, 4.69) is 11.1 Å². The normalized spacial score (nSPS) is 10.4. The van der Waals surface area contributed by atoms with Crippen LogP contribution in [0.15, 0.2) is 42.6 Å². The van der Waals surface area contributed by atoms with Gasteiger partial charge in [-0.05, 0) is 29.3 Å². The Morgan fingerprint density at radius 3 is 2.79 bits per heavy atom. The summed E-state index contributed by atoms with van der Waals surface area (Å²) in [5.74, 6) is 1.42. The summed E-state index contributed by atoms with van der Waals surface area (Å²) < 4.78 is 10.7. The molecule has 0 atom stereocenters. The van der Waals surface area contributed by atoms with Gasteiger partial charge in [-0.15, -0.1) is 0 Å². The van der Waals surface area contributed by atoms with E-state index in [9.17, 15) is 0 Å². The minimum Gasteiger partial charge on any atom is -0.491 e. The molecule has 2 aromatic rings. The molecule has 1 aromatic heterocycles. The molecule has 19 heavy (non-hydrogen) atoms. The fraction of sp³-hybridized carbons (Fsp3) is 0.267. The number of nitrogens with zero attached hydrogens (tertiary/aromatic N) is 1. The Kier molecular flexibility index (Phi) is 4.75. The van der Waals surface area contributed by atoms with E-state index < -0.39 is 0 Å². The molecule has 0 radical (unpaired) electrons. The molecule has 0 aliphatic carbocycles. The van der Waals surface area contributed by atoms with Crippen LogP contribution in [0.1, 0.15) is 11.1 Å². The van der Waals surface area contributed by atoms with Gasteiger partial charge in [-0.25, -0.2) is 4.98 Å². The topological polar surface area (TPSA) is 57.4 Å². The van der Waals surface area contributed by atoms with Gasteiger partial charge in [0.15, 0.2) is 0 Å². The number of hydrogen-bond acceptors (Lipinski definition) is 4. The van der Waals surface area contributed by atoms with Gasteiger partial charge < -0.3 is 15.2 Å². The zero-order valence-electron chi connectivity index (χ0n) is 11.0. The van der Waals surface area contributed by atoms with Gasteiger partial charge in [0.2, 0.25) is 0 Å². The van der Waals surface area contributed by atoms with Crippen LogP contribution in [-0.4, -0.2) is 25.3 Å². The first-order valence-electron chi connectivity index (χ1n) is 6.19. The third-order valence-electron chi connectivity index (χ3n) is 2.76. The van der Waals surface area contributed by atoms with Gasteiger partial charge in [-0.3, -0.25) is 0 Å². The van der Waals surface area contributed by atoms with Crippen LogP contribution >= 0.6 is 0 Å². The van der Waals surface area contributed by atoms with Crippen LogP contribution in [0, 0.1) is 0 Å². The Bertz CT molecular complexity index is 529. The van der Waals surface area contributed by atoms with E-state index in [1.807, 2.05) is 30.3 Å². The van der Waals surface area contributed by atoms with E-state index in [1.54, 1.807) is 13.3 Å². The summed E-state index contributed by atoms with van der Waals surface area (Å²) >= 11 is 0. The van der Waals surface area contributed by atoms with Crippen molar-refractivity contribution in [3.05, 3.63) is 53.7 Å². The van der Waals surface area contributed by atoms with Gasteiger partial charge in [-0.1, -0.05) is 18.2 Å². The summed E-state index contributed by atoms with van der Waals surface area (Å²) in [6.07, 6.45) is 2.49. The summed E-state index contributed by atoms with van der Waals surface area (Å²) in [6, 6.07) is 11.8. The molecular formula is C15H18N2O2. The van der Waals surface area contributed by atoms with Gasteiger partial charge in [0, 0.05) is 19.7 Å². The van der Waals surface area contributed by atoms with Gasteiger partial charge in [0.05, 0.1) is 6.61 Å². The molecule has 0 aliphatic rings. The molecule has 0 amide bonds. The molecule has 4 heteroatoms. The van der Waals surface area contributed by atoms with Crippen molar-refractivity contribution in [3.8, 4) is 5.75 Å². The number of methoxy groups -OCH3 is 1. The second kappa shape index (κ2) is 6.75. The van der Waals surface area contributed by atoms with Crippen molar-refractivity contribution in [1.29, 1.82) is 0 Å². The van der Waals surface area contributed by atoms with E-state index in [4.69, 9.17) is 15.2 Å². The zero-order chi connectivity index (χ0) is 13.5. The quantitative estimate of drug-likeness (QED) is 0.808. The van der Waals surface area contributed by atoms with Crippen molar-refractivity contribution < 1.29 is 9.47 Å². The predicted molar refractivity (Wildman–Crippen MR) is 75.3 cm³/mol. The number of ether oxygens (including phenoxy) is 2. The lowest BCUT2D eigenvalue weighted by Gasteiger charge is -2.11. The highest BCUT2D eigenvalue weighted by atomic mass is 16.5. The highest BCUT2D eigenvalue weighted by Crippen LogP contribution is 2.21. The SMILES string of the molecule is COCCOc1ccccc1Cc1ccnc(N)c1. The lowest BCUT2D eigenvalue weighted by molar-refractivity contribution is 0.146. The number of anilines is 1. The first kappa shape index (κ1) is 13.4. The number of hydrogen-bond donors (Lipinski definition) is 1. The summed E-state index contributed by atoms with van der Waals surface area (Å²) in [4.78, 5) is 3.99. The van der Waals surface area contributed by atoms with E-state index in [0.29, 0.717) is 19.0 Å². The molecule has 0 aliphatic heterocycles. The third-order valence-corrected chi connectivity index (χ3v) is 2.76. The Morgan fingerprint density at radius 1 is 1.16 bits per heavy atom. The summed E-state index contributed by atoms with van der Waals surface area (Å²) in [7, 11) is 1.66. The first-order chi connectivity index (χ1) is 9.29. The Morgan fingerprint density at radius 2 is 2.00 bits per heavy atom. The van der Waals surface area contributed by atoms with Gasteiger partial charge in [0.25, 0.3) is 0 Å². The van der Waals surface area contributed by atoms with Gasteiger partial charge in [-0.2, -0.15) is 0 Å². The minimum absolute atomic E-state index is 0.537. The minimum atomic E-state index is 0.537. The number of rotatable bonds is 6. The average Bonchev–Trinajstić information content (AvgIpc) is 2.41. The molecule has 1 heterocycles. The highest BCUT2D eigenvalue weighted by Gasteiger charge is 2.04. The summed E-state index contributed by atoms with van der Waals surface area (Å²) in [5, 5.41) is 0. The van der Waals surface area contributed by atoms with Crippen LogP contribution in [0.25, 0.3) is 0 Å². The lowest BCUT2D eigenvalue weighted by Crippen LogP contribution is -2.06. The molecule has 0 saturated heterocycles. The molecular weight excluding hydrogens is 240 g/mol. The fourth-order valence-electron chi connectivity index (χ4n) is 1.85. The number of nitrogen functional groups attached to an aromatic ring is 1. The third kappa shape index (κ3) is 3.96.